The number of carboxylic acid groups (broad SMARTS) is 1. The SMILES string of the molecule is O=C(O)CC1COCCN1Cc1ccccc1C(F)(F)F. The van der Waals surface area contributed by atoms with Gasteiger partial charge >= 0.3 is 12.1 Å². The molecule has 21 heavy (non-hydrogen) atoms. The average molecular weight is 303 g/mol. The molecule has 0 radical (unpaired) electrons. The summed E-state index contributed by atoms with van der Waals surface area (Å²) in [5.74, 6) is -0.986. The maximum absolute atomic E-state index is 13.0. The van der Waals surface area contributed by atoms with Crippen LogP contribution >= 0.6 is 0 Å². The van der Waals surface area contributed by atoms with Crippen molar-refractivity contribution in [3.8, 4) is 0 Å². The Balaban J connectivity index is 2.18. The molecule has 1 N–H and O–H groups in total. The Morgan fingerprint density at radius 1 is 1.38 bits per heavy atom. The Kier molecular flexibility index (Phi) is 4.84. The molecule has 1 heterocycles. The van der Waals surface area contributed by atoms with Crippen LogP contribution in [0.25, 0.3) is 0 Å². The predicted molar refractivity (Wildman–Crippen MR) is 68.7 cm³/mol. The highest BCUT2D eigenvalue weighted by Gasteiger charge is 2.34. The van der Waals surface area contributed by atoms with Gasteiger partial charge in [0.2, 0.25) is 0 Å². The lowest BCUT2D eigenvalue weighted by Gasteiger charge is -2.35. The van der Waals surface area contributed by atoms with Crippen LogP contribution in [0.5, 0.6) is 0 Å². The number of aliphatic carboxylic acids is 1. The van der Waals surface area contributed by atoms with E-state index >= 15 is 0 Å². The van der Waals surface area contributed by atoms with Gasteiger partial charge in [0.1, 0.15) is 0 Å². The standard InChI is InChI=1S/C14H16F3NO3/c15-14(16,17)12-4-2-1-3-10(12)8-18-5-6-21-9-11(18)7-13(19)20/h1-4,11H,5-9H2,(H,19,20). The van der Waals surface area contributed by atoms with Crippen molar-refractivity contribution in [1.82, 2.24) is 4.90 Å². The van der Waals surface area contributed by atoms with Crippen molar-refractivity contribution < 1.29 is 27.8 Å². The van der Waals surface area contributed by atoms with E-state index in [2.05, 4.69) is 0 Å². The van der Waals surface area contributed by atoms with Crippen molar-refractivity contribution in [3.05, 3.63) is 35.4 Å². The van der Waals surface area contributed by atoms with Gasteiger partial charge < -0.3 is 9.84 Å². The minimum absolute atomic E-state index is 0.0665. The molecule has 1 aliphatic heterocycles. The highest BCUT2D eigenvalue weighted by Crippen LogP contribution is 2.32. The minimum atomic E-state index is -4.41. The molecule has 1 aliphatic rings. The lowest BCUT2D eigenvalue weighted by Crippen LogP contribution is -2.46. The topological polar surface area (TPSA) is 49.8 Å². The quantitative estimate of drug-likeness (QED) is 0.928. The lowest BCUT2D eigenvalue weighted by atomic mass is 10.0. The highest BCUT2D eigenvalue weighted by atomic mass is 19.4. The van der Waals surface area contributed by atoms with Crippen molar-refractivity contribution in [3.63, 3.8) is 0 Å². The molecule has 116 valence electrons. The van der Waals surface area contributed by atoms with Crippen molar-refractivity contribution >= 4 is 5.97 Å². The van der Waals surface area contributed by atoms with Crippen molar-refractivity contribution in [2.24, 2.45) is 0 Å². The number of hydrogen-bond acceptors (Lipinski definition) is 3. The molecule has 1 atom stereocenters. The molecular formula is C14H16F3NO3. The van der Waals surface area contributed by atoms with E-state index in [1.54, 1.807) is 11.0 Å². The number of rotatable bonds is 4. The second kappa shape index (κ2) is 6.44. The van der Waals surface area contributed by atoms with E-state index in [1.165, 1.54) is 12.1 Å². The number of alkyl halides is 3. The first-order chi connectivity index (χ1) is 9.88. The Hall–Kier alpha value is -1.60. The number of benzene rings is 1. The largest absolute Gasteiger partial charge is 0.481 e. The maximum Gasteiger partial charge on any atom is 0.416 e. The van der Waals surface area contributed by atoms with Crippen LogP contribution in [-0.2, 0) is 22.3 Å². The van der Waals surface area contributed by atoms with E-state index in [0.29, 0.717) is 13.2 Å². The molecule has 1 unspecified atom stereocenters. The van der Waals surface area contributed by atoms with E-state index in [1.807, 2.05) is 0 Å². The fraction of sp³-hybridized carbons (Fsp3) is 0.500. The average Bonchev–Trinajstić information content (AvgIpc) is 2.40. The summed E-state index contributed by atoms with van der Waals surface area (Å²) >= 11 is 0. The number of halogens is 3. The fourth-order valence-electron chi connectivity index (χ4n) is 2.44. The van der Waals surface area contributed by atoms with Gasteiger partial charge in [0.25, 0.3) is 0 Å². The van der Waals surface area contributed by atoms with Crippen LogP contribution in [0.15, 0.2) is 24.3 Å². The monoisotopic (exact) mass is 303 g/mol. The second-order valence-corrected chi connectivity index (χ2v) is 4.95. The van der Waals surface area contributed by atoms with Gasteiger partial charge in [-0.25, -0.2) is 0 Å². The first-order valence-corrected chi connectivity index (χ1v) is 6.56. The minimum Gasteiger partial charge on any atom is -0.481 e. The molecule has 1 aromatic rings. The molecule has 0 spiro atoms. The Morgan fingerprint density at radius 2 is 2.10 bits per heavy atom. The first kappa shape index (κ1) is 15.8. The molecular weight excluding hydrogens is 287 g/mol. The molecule has 0 amide bonds. The molecule has 0 aliphatic carbocycles. The molecule has 4 nitrogen and oxygen atoms in total. The summed E-state index contributed by atoms with van der Waals surface area (Å²) in [7, 11) is 0. The highest BCUT2D eigenvalue weighted by molar-refractivity contribution is 5.67. The van der Waals surface area contributed by atoms with E-state index in [9.17, 15) is 18.0 Å². The van der Waals surface area contributed by atoms with Gasteiger partial charge in [-0.3, -0.25) is 9.69 Å². The Bertz CT molecular complexity index is 504. The van der Waals surface area contributed by atoms with E-state index in [-0.39, 0.29) is 25.1 Å². The summed E-state index contributed by atoms with van der Waals surface area (Å²) in [6.07, 6.45) is -4.56. The van der Waals surface area contributed by atoms with Gasteiger partial charge in [-0.2, -0.15) is 13.2 Å². The zero-order valence-corrected chi connectivity index (χ0v) is 11.3. The van der Waals surface area contributed by atoms with Gasteiger partial charge in [-0.1, -0.05) is 18.2 Å². The summed E-state index contributed by atoms with van der Waals surface area (Å²) in [6, 6.07) is 4.97. The van der Waals surface area contributed by atoms with Gasteiger partial charge in [0, 0.05) is 19.1 Å². The van der Waals surface area contributed by atoms with Gasteiger partial charge in [-0.15, -0.1) is 0 Å². The summed E-state index contributed by atoms with van der Waals surface area (Å²) in [4.78, 5) is 12.6. The first-order valence-electron chi connectivity index (χ1n) is 6.56. The Labute approximate surface area is 120 Å². The zero-order valence-electron chi connectivity index (χ0n) is 11.3. The molecule has 1 aromatic carbocycles. The molecule has 1 saturated heterocycles. The van der Waals surface area contributed by atoms with Gasteiger partial charge in [0.05, 0.1) is 25.2 Å². The second-order valence-electron chi connectivity index (χ2n) is 4.95. The number of ether oxygens (including phenoxy) is 1. The zero-order chi connectivity index (χ0) is 15.5. The number of nitrogens with zero attached hydrogens (tertiary/aromatic N) is 1. The summed E-state index contributed by atoms with van der Waals surface area (Å²) < 4.78 is 44.1. The van der Waals surface area contributed by atoms with Gasteiger partial charge in [-0.05, 0) is 11.6 Å². The van der Waals surface area contributed by atoms with Crippen LogP contribution in [0.2, 0.25) is 0 Å². The summed E-state index contributed by atoms with van der Waals surface area (Å²) in [6.45, 7) is 1.10. The fourth-order valence-corrected chi connectivity index (χ4v) is 2.44. The molecule has 1 fully saturated rings. The predicted octanol–water partition coefficient (Wildman–Crippen LogP) is 2.38. The Morgan fingerprint density at radius 3 is 2.76 bits per heavy atom. The van der Waals surface area contributed by atoms with E-state index in [4.69, 9.17) is 9.84 Å². The maximum atomic E-state index is 13.0. The lowest BCUT2D eigenvalue weighted by molar-refractivity contribution is -0.142. The normalized spacial score (nSPS) is 20.4. The smallest absolute Gasteiger partial charge is 0.416 e. The van der Waals surface area contributed by atoms with Crippen molar-refractivity contribution in [1.29, 1.82) is 0 Å². The van der Waals surface area contributed by atoms with Crippen LogP contribution in [0.3, 0.4) is 0 Å². The van der Waals surface area contributed by atoms with Gasteiger partial charge in [0.15, 0.2) is 0 Å². The third-order valence-electron chi connectivity index (χ3n) is 3.46. The summed E-state index contributed by atoms with van der Waals surface area (Å²) in [5.41, 5.74) is -0.521. The summed E-state index contributed by atoms with van der Waals surface area (Å²) in [5, 5.41) is 8.87. The van der Waals surface area contributed by atoms with E-state index < -0.39 is 23.8 Å². The van der Waals surface area contributed by atoms with Crippen molar-refractivity contribution in [2.45, 2.75) is 25.2 Å². The van der Waals surface area contributed by atoms with Crippen molar-refractivity contribution in [2.75, 3.05) is 19.8 Å². The number of hydrogen-bond donors (Lipinski definition) is 1. The molecule has 2 rings (SSSR count). The number of carboxylic acids is 1. The van der Waals surface area contributed by atoms with Crippen LogP contribution < -0.4 is 0 Å². The van der Waals surface area contributed by atoms with Crippen LogP contribution in [0.1, 0.15) is 17.5 Å². The molecule has 0 saturated carbocycles. The van der Waals surface area contributed by atoms with E-state index in [0.717, 1.165) is 6.07 Å². The number of morpholine rings is 1. The van der Waals surface area contributed by atoms with Crippen LogP contribution in [0, 0.1) is 0 Å². The third kappa shape index (κ3) is 4.18. The molecule has 7 heteroatoms. The number of carbonyl (C=O) groups is 1. The van der Waals surface area contributed by atoms with Crippen LogP contribution in [-0.4, -0.2) is 41.8 Å². The van der Waals surface area contributed by atoms with Crippen LogP contribution in [0.4, 0.5) is 13.2 Å². The third-order valence-corrected chi connectivity index (χ3v) is 3.46. The molecule has 0 bridgehead atoms. The molecule has 0 aromatic heterocycles.